The maximum absolute atomic E-state index is 13.0. The third-order valence-electron chi connectivity index (χ3n) is 4.34. The Hall–Kier alpha value is -1.53. The van der Waals surface area contributed by atoms with Gasteiger partial charge in [0.05, 0.1) is 18.0 Å². The van der Waals surface area contributed by atoms with Gasteiger partial charge in [0.25, 0.3) is 5.56 Å². The zero-order valence-electron chi connectivity index (χ0n) is 13.6. The maximum Gasteiger partial charge on any atom is 0.318 e. The van der Waals surface area contributed by atoms with E-state index in [2.05, 4.69) is 4.98 Å². The van der Waals surface area contributed by atoms with Crippen molar-refractivity contribution in [3.8, 4) is 0 Å². The first-order chi connectivity index (χ1) is 11.5. The van der Waals surface area contributed by atoms with Crippen molar-refractivity contribution in [3.05, 3.63) is 33.6 Å². The first-order valence-corrected chi connectivity index (χ1v) is 9.23. The number of carbonyl (C=O) groups is 1. The molecule has 0 amide bonds. The Balaban J connectivity index is 2.14. The van der Waals surface area contributed by atoms with E-state index in [-0.39, 0.29) is 17.6 Å². The van der Waals surface area contributed by atoms with Gasteiger partial charge < -0.3 is 4.74 Å². The quantitative estimate of drug-likeness (QED) is 0.467. The number of ether oxygens (including phenoxy) is 1. The van der Waals surface area contributed by atoms with Crippen molar-refractivity contribution in [2.75, 3.05) is 7.11 Å². The lowest BCUT2D eigenvalue weighted by atomic mass is 10.2. The summed E-state index contributed by atoms with van der Waals surface area (Å²) in [7, 11) is 1.36. The summed E-state index contributed by atoms with van der Waals surface area (Å²) >= 11 is 7.30. The van der Waals surface area contributed by atoms with E-state index in [0.29, 0.717) is 21.1 Å². The summed E-state index contributed by atoms with van der Waals surface area (Å²) in [5, 5.41) is 1.21. The van der Waals surface area contributed by atoms with Crippen molar-refractivity contribution >= 4 is 40.2 Å². The zero-order chi connectivity index (χ0) is 17.3. The van der Waals surface area contributed by atoms with Crippen LogP contribution in [0, 0.1) is 0 Å². The number of aromatic nitrogens is 2. The second-order valence-corrected chi connectivity index (χ2v) is 7.70. The molecule has 0 saturated heterocycles. The van der Waals surface area contributed by atoms with Crippen LogP contribution in [0.15, 0.2) is 28.2 Å². The third-order valence-corrected chi connectivity index (χ3v) is 5.62. The lowest BCUT2D eigenvalue weighted by Crippen LogP contribution is -2.27. The zero-order valence-corrected chi connectivity index (χ0v) is 15.2. The average molecular weight is 367 g/mol. The van der Waals surface area contributed by atoms with Crippen LogP contribution in [-0.2, 0) is 9.53 Å². The van der Waals surface area contributed by atoms with Crippen LogP contribution in [0.2, 0.25) is 5.02 Å². The molecule has 1 aliphatic carbocycles. The normalized spacial score (nSPS) is 16.5. The number of thioether (sulfide) groups is 1. The standard InChI is InChI=1S/C17H19ClN2O3S/c1-10(16(22)23-2)24-17-19-14-9-11(18)7-8-13(14)15(21)20(17)12-5-3-4-6-12/h7-10,12H,3-6H2,1-2H3/t10-/m0/s1. The van der Waals surface area contributed by atoms with Crippen molar-refractivity contribution in [2.45, 2.75) is 49.1 Å². The Morgan fingerprint density at radius 3 is 2.79 bits per heavy atom. The molecular formula is C17H19ClN2O3S. The van der Waals surface area contributed by atoms with Crippen molar-refractivity contribution in [3.63, 3.8) is 0 Å². The van der Waals surface area contributed by atoms with Crippen molar-refractivity contribution in [1.29, 1.82) is 0 Å². The molecule has 0 radical (unpaired) electrons. The number of fused-ring (bicyclic) bond motifs is 1. The van der Waals surface area contributed by atoms with Gasteiger partial charge in [-0.3, -0.25) is 14.2 Å². The maximum atomic E-state index is 13.0. The molecule has 7 heteroatoms. The average Bonchev–Trinajstić information content (AvgIpc) is 3.07. The van der Waals surface area contributed by atoms with E-state index in [4.69, 9.17) is 16.3 Å². The molecule has 0 unspecified atom stereocenters. The molecule has 0 aliphatic heterocycles. The number of carbonyl (C=O) groups excluding carboxylic acids is 1. The first kappa shape index (κ1) is 17.3. The predicted octanol–water partition coefficient (Wildman–Crippen LogP) is 3.82. The molecule has 1 aromatic carbocycles. The van der Waals surface area contributed by atoms with E-state index < -0.39 is 5.25 Å². The molecule has 2 aromatic rings. The minimum absolute atomic E-state index is 0.0665. The van der Waals surface area contributed by atoms with Gasteiger partial charge in [-0.1, -0.05) is 36.2 Å². The second-order valence-electron chi connectivity index (χ2n) is 5.95. The Morgan fingerprint density at radius 1 is 1.42 bits per heavy atom. The fraction of sp³-hybridized carbons (Fsp3) is 0.471. The van der Waals surface area contributed by atoms with Gasteiger partial charge in [0, 0.05) is 11.1 Å². The number of benzene rings is 1. The Kier molecular flexibility index (Phi) is 5.15. The van der Waals surface area contributed by atoms with Gasteiger partial charge in [-0.2, -0.15) is 0 Å². The van der Waals surface area contributed by atoms with E-state index in [1.165, 1.54) is 18.9 Å². The Morgan fingerprint density at radius 2 is 2.12 bits per heavy atom. The SMILES string of the molecule is COC(=O)[C@H](C)Sc1nc2cc(Cl)ccc2c(=O)n1C1CCCC1. The molecule has 1 saturated carbocycles. The fourth-order valence-electron chi connectivity index (χ4n) is 3.09. The molecular weight excluding hydrogens is 348 g/mol. The highest BCUT2D eigenvalue weighted by molar-refractivity contribution is 8.00. The number of rotatable bonds is 4. The smallest absolute Gasteiger partial charge is 0.318 e. The number of methoxy groups -OCH3 is 1. The molecule has 128 valence electrons. The van der Waals surface area contributed by atoms with Crippen LogP contribution in [-0.4, -0.2) is 27.9 Å². The van der Waals surface area contributed by atoms with Gasteiger partial charge in [0.1, 0.15) is 5.25 Å². The summed E-state index contributed by atoms with van der Waals surface area (Å²) in [6.07, 6.45) is 4.13. The summed E-state index contributed by atoms with van der Waals surface area (Å²) in [4.78, 5) is 29.4. The van der Waals surface area contributed by atoms with E-state index >= 15 is 0 Å². The van der Waals surface area contributed by atoms with Crippen molar-refractivity contribution in [2.24, 2.45) is 0 Å². The molecule has 24 heavy (non-hydrogen) atoms. The number of hydrogen-bond donors (Lipinski definition) is 0. The summed E-state index contributed by atoms with van der Waals surface area (Å²) < 4.78 is 6.55. The van der Waals surface area contributed by atoms with Crippen LogP contribution in [0.1, 0.15) is 38.6 Å². The van der Waals surface area contributed by atoms with Gasteiger partial charge >= 0.3 is 5.97 Å². The second kappa shape index (κ2) is 7.15. The molecule has 1 heterocycles. The summed E-state index contributed by atoms with van der Waals surface area (Å²) in [6, 6.07) is 5.24. The van der Waals surface area contributed by atoms with E-state index in [1.807, 2.05) is 0 Å². The molecule has 3 rings (SSSR count). The lowest BCUT2D eigenvalue weighted by Gasteiger charge is -2.20. The van der Waals surface area contributed by atoms with Crippen LogP contribution in [0.25, 0.3) is 10.9 Å². The van der Waals surface area contributed by atoms with E-state index in [1.54, 1.807) is 29.7 Å². The number of hydrogen-bond acceptors (Lipinski definition) is 5. The fourth-order valence-corrected chi connectivity index (χ4v) is 4.26. The van der Waals surface area contributed by atoms with Gasteiger partial charge in [0.15, 0.2) is 5.16 Å². The van der Waals surface area contributed by atoms with E-state index in [0.717, 1.165) is 25.7 Å². The number of halogens is 1. The van der Waals surface area contributed by atoms with Crippen LogP contribution < -0.4 is 5.56 Å². The Labute approximate surface area is 149 Å². The Bertz CT molecular complexity index is 830. The minimum Gasteiger partial charge on any atom is -0.468 e. The molecule has 0 N–H and O–H groups in total. The van der Waals surface area contributed by atoms with Gasteiger partial charge in [0.2, 0.25) is 0 Å². The van der Waals surface area contributed by atoms with Crippen LogP contribution >= 0.6 is 23.4 Å². The molecule has 1 fully saturated rings. The minimum atomic E-state index is -0.439. The summed E-state index contributed by atoms with van der Waals surface area (Å²) in [6.45, 7) is 1.75. The monoisotopic (exact) mass is 366 g/mol. The highest BCUT2D eigenvalue weighted by Gasteiger charge is 2.25. The van der Waals surface area contributed by atoms with Crippen LogP contribution in [0.5, 0.6) is 0 Å². The number of nitrogens with zero attached hydrogens (tertiary/aromatic N) is 2. The highest BCUT2D eigenvalue weighted by Crippen LogP contribution is 2.33. The molecule has 1 aliphatic rings. The topological polar surface area (TPSA) is 61.2 Å². The third kappa shape index (κ3) is 3.30. The van der Waals surface area contributed by atoms with Crippen LogP contribution in [0.3, 0.4) is 0 Å². The van der Waals surface area contributed by atoms with Crippen molar-refractivity contribution < 1.29 is 9.53 Å². The van der Waals surface area contributed by atoms with Gasteiger partial charge in [-0.05, 0) is 38.0 Å². The number of esters is 1. The molecule has 5 nitrogen and oxygen atoms in total. The van der Waals surface area contributed by atoms with Gasteiger partial charge in [-0.25, -0.2) is 4.98 Å². The van der Waals surface area contributed by atoms with Crippen LogP contribution in [0.4, 0.5) is 0 Å². The van der Waals surface area contributed by atoms with Gasteiger partial charge in [-0.15, -0.1) is 0 Å². The summed E-state index contributed by atoms with van der Waals surface area (Å²) in [5.41, 5.74) is 0.490. The first-order valence-electron chi connectivity index (χ1n) is 7.97. The molecule has 0 spiro atoms. The lowest BCUT2D eigenvalue weighted by molar-refractivity contribution is -0.139. The molecule has 0 bridgehead atoms. The highest BCUT2D eigenvalue weighted by atomic mass is 35.5. The predicted molar refractivity (Wildman–Crippen MR) is 95.9 cm³/mol. The molecule has 1 aromatic heterocycles. The van der Waals surface area contributed by atoms with E-state index in [9.17, 15) is 9.59 Å². The largest absolute Gasteiger partial charge is 0.468 e. The summed E-state index contributed by atoms with van der Waals surface area (Å²) in [5.74, 6) is -0.335. The molecule has 1 atom stereocenters. The van der Waals surface area contributed by atoms with Crippen molar-refractivity contribution in [1.82, 2.24) is 9.55 Å².